The Morgan fingerprint density at radius 2 is 1.13 bits per heavy atom. The van der Waals surface area contributed by atoms with E-state index in [4.69, 9.17) is 20.4 Å². The smallest absolute Gasteiger partial charge is 0.336 e. The first-order chi connectivity index (χ1) is 5.78. The van der Waals surface area contributed by atoms with Gasteiger partial charge in [0.25, 0.3) is 0 Å². The van der Waals surface area contributed by atoms with Crippen molar-refractivity contribution in [2.75, 3.05) is 0 Å². The molecule has 0 heterocycles. The maximum Gasteiger partial charge on any atom is 0.336 e. The van der Waals surface area contributed by atoms with Gasteiger partial charge in [-0.15, -0.1) is 0 Å². The fourth-order valence-corrected chi connectivity index (χ4v) is 0.714. The number of hydrogen-bond acceptors (Lipinski definition) is 4. The van der Waals surface area contributed by atoms with Crippen LogP contribution in [0.15, 0.2) is 0 Å². The van der Waals surface area contributed by atoms with Crippen molar-refractivity contribution in [1.29, 1.82) is 0 Å². The number of carboxylic acids is 3. The van der Waals surface area contributed by atoms with Crippen molar-refractivity contribution in [3.8, 4) is 0 Å². The quantitative estimate of drug-likeness (QED) is 0.418. The van der Waals surface area contributed by atoms with Crippen molar-refractivity contribution in [1.82, 2.24) is 0 Å². The minimum atomic E-state index is -2.74. The third-order valence-electron chi connectivity index (χ3n) is 1.29. The summed E-state index contributed by atoms with van der Waals surface area (Å²) in [5.74, 6) is -5.02. The van der Waals surface area contributed by atoms with E-state index in [0.717, 1.165) is 0 Å². The molecule has 4 N–H and O–H groups in total. The van der Waals surface area contributed by atoms with Crippen LogP contribution in [0.2, 0.25) is 0 Å². The van der Waals surface area contributed by atoms with Crippen LogP contribution in [0.3, 0.4) is 0 Å². The second-order valence-electron chi connectivity index (χ2n) is 2.48. The van der Waals surface area contributed by atoms with Gasteiger partial charge in [0.05, 0.1) is 12.8 Å². The molecule has 0 saturated heterocycles. The van der Waals surface area contributed by atoms with Gasteiger partial charge in [0.2, 0.25) is 0 Å². The molecule has 0 rings (SSSR count). The van der Waals surface area contributed by atoms with E-state index in [1.54, 1.807) is 0 Å². The number of aliphatic carboxylic acids is 3. The van der Waals surface area contributed by atoms with Gasteiger partial charge in [0.1, 0.15) is 0 Å². The van der Waals surface area contributed by atoms with E-state index >= 15 is 0 Å². The van der Waals surface area contributed by atoms with E-state index in [1.807, 2.05) is 0 Å². The number of hydrogen-bond donors (Lipinski definition) is 4. The largest absolute Gasteiger partial charge is 0.481 e. The molecule has 2 radical (unpaired) electrons. The van der Waals surface area contributed by atoms with Crippen LogP contribution < -0.4 is 0 Å². The second-order valence-corrected chi connectivity index (χ2v) is 2.48. The minimum Gasteiger partial charge on any atom is -0.481 e. The van der Waals surface area contributed by atoms with Gasteiger partial charge in [-0.05, 0) is 0 Å². The Balaban J connectivity index is -0.000000720. The minimum absolute atomic E-state index is 0. The van der Waals surface area contributed by atoms with Crippen LogP contribution in [-0.2, 0) is 59.1 Å². The third-order valence-corrected chi connectivity index (χ3v) is 1.29. The van der Waals surface area contributed by atoms with Crippen molar-refractivity contribution in [3.63, 3.8) is 0 Å². The molecule has 15 heavy (non-hydrogen) atoms. The second kappa shape index (κ2) is 8.06. The molecule has 0 bridgehead atoms. The van der Waals surface area contributed by atoms with Crippen LogP contribution >= 0.6 is 0 Å². The van der Waals surface area contributed by atoms with Crippen LogP contribution in [0.25, 0.3) is 0 Å². The summed E-state index contributed by atoms with van der Waals surface area (Å²) in [5.41, 5.74) is -2.74. The van der Waals surface area contributed by atoms with Crippen LogP contribution in [0.5, 0.6) is 0 Å². The molecule has 9 heteroatoms. The van der Waals surface area contributed by atoms with Gasteiger partial charge in [0, 0.05) is 44.8 Å². The summed E-state index contributed by atoms with van der Waals surface area (Å²) in [7, 11) is 0. The molecule has 0 unspecified atom stereocenters. The summed E-state index contributed by atoms with van der Waals surface area (Å²) in [6.45, 7) is 0. The first-order valence-electron chi connectivity index (χ1n) is 3.17. The molecule has 0 amide bonds. The van der Waals surface area contributed by atoms with Gasteiger partial charge in [0.15, 0.2) is 5.60 Å². The normalized spacial score (nSPS) is 9.40. The molecule has 96 valence electrons. The van der Waals surface area contributed by atoms with Crippen molar-refractivity contribution in [2.45, 2.75) is 18.4 Å². The number of carbonyl (C=O) groups is 3. The third kappa shape index (κ3) is 7.74. The van der Waals surface area contributed by atoms with Crippen molar-refractivity contribution in [2.24, 2.45) is 0 Å². The van der Waals surface area contributed by atoms with Gasteiger partial charge in [-0.25, -0.2) is 4.79 Å². The van der Waals surface area contributed by atoms with E-state index in [9.17, 15) is 14.4 Å². The first-order valence-corrected chi connectivity index (χ1v) is 3.17. The summed E-state index contributed by atoms with van der Waals surface area (Å²) >= 11 is 0. The zero-order valence-corrected chi connectivity index (χ0v) is 10.00. The Hall–Kier alpha value is -0.149. The van der Waals surface area contributed by atoms with Crippen LogP contribution in [-0.4, -0.2) is 43.9 Å². The van der Waals surface area contributed by atoms with Gasteiger partial charge in [-0.1, -0.05) is 0 Å². The van der Waals surface area contributed by atoms with E-state index in [0.29, 0.717) is 0 Å². The molecule has 7 nitrogen and oxygen atoms in total. The van der Waals surface area contributed by atoms with Gasteiger partial charge in [-0.3, -0.25) is 9.59 Å². The zero-order chi connectivity index (χ0) is 10.6. The zero-order valence-electron chi connectivity index (χ0n) is 7.03. The summed E-state index contributed by atoms with van der Waals surface area (Å²) in [5, 5.41) is 33.8. The van der Waals surface area contributed by atoms with Crippen LogP contribution in [0, 0.1) is 0 Å². The molecule has 0 aliphatic rings. The monoisotopic (exact) mass is 406 g/mol. The molecular formula is C6H8Ag2O7. The van der Waals surface area contributed by atoms with E-state index in [-0.39, 0.29) is 44.8 Å². The Morgan fingerprint density at radius 3 is 1.27 bits per heavy atom. The molecule has 0 aromatic carbocycles. The molecule has 0 atom stereocenters. The van der Waals surface area contributed by atoms with E-state index < -0.39 is 36.4 Å². The molecule has 0 saturated carbocycles. The summed E-state index contributed by atoms with van der Waals surface area (Å²) < 4.78 is 0. The van der Waals surface area contributed by atoms with Crippen LogP contribution in [0.4, 0.5) is 0 Å². The van der Waals surface area contributed by atoms with Gasteiger partial charge < -0.3 is 20.4 Å². The standard InChI is InChI=1S/C6H8O7.2Ag/c7-3(8)1-6(13,5(11)12)2-4(9)10;;/h13H,1-2H2,(H,7,8)(H,9,10)(H,11,12);;. The molecule has 0 spiro atoms. The van der Waals surface area contributed by atoms with Gasteiger partial charge in [-0.2, -0.15) is 0 Å². The SMILES string of the molecule is O=C(O)CC(O)(CC(=O)O)C(=O)O.[Ag].[Ag]. The molecule has 0 aliphatic heterocycles. The number of rotatable bonds is 5. The summed E-state index contributed by atoms with van der Waals surface area (Å²) in [4.78, 5) is 30.5. The molecular weight excluding hydrogens is 400 g/mol. The summed E-state index contributed by atoms with van der Waals surface area (Å²) in [6, 6.07) is 0. The first kappa shape index (κ1) is 20.3. The average Bonchev–Trinajstić information content (AvgIpc) is 1.82. The number of aliphatic hydroxyl groups is 1. The average molecular weight is 408 g/mol. The Labute approximate surface area is 115 Å². The van der Waals surface area contributed by atoms with E-state index in [1.165, 1.54) is 0 Å². The molecule has 0 fully saturated rings. The Morgan fingerprint density at radius 1 is 0.867 bits per heavy atom. The summed E-state index contributed by atoms with van der Waals surface area (Å²) in [6.07, 6.45) is -2.29. The van der Waals surface area contributed by atoms with Crippen molar-refractivity contribution >= 4 is 17.9 Å². The van der Waals surface area contributed by atoms with Crippen LogP contribution in [0.1, 0.15) is 12.8 Å². The fourth-order valence-electron chi connectivity index (χ4n) is 0.714. The Bertz CT molecular complexity index is 236. The topological polar surface area (TPSA) is 132 Å². The molecule has 0 aromatic heterocycles. The number of carboxylic acid groups (broad SMARTS) is 3. The maximum atomic E-state index is 10.3. The van der Waals surface area contributed by atoms with Crippen molar-refractivity contribution in [3.05, 3.63) is 0 Å². The Kier molecular flexibility index (Phi) is 10.9. The molecule has 0 aromatic rings. The fraction of sp³-hybridized carbons (Fsp3) is 0.500. The van der Waals surface area contributed by atoms with Gasteiger partial charge >= 0.3 is 17.9 Å². The molecule has 0 aliphatic carbocycles. The predicted molar refractivity (Wildman–Crippen MR) is 37.1 cm³/mol. The van der Waals surface area contributed by atoms with Crippen molar-refractivity contribution < 1.29 is 79.6 Å². The van der Waals surface area contributed by atoms with E-state index in [2.05, 4.69) is 0 Å². The maximum absolute atomic E-state index is 10.3. The predicted octanol–water partition coefficient (Wildman–Crippen LogP) is -1.25.